The average Bonchev–Trinajstić information content (AvgIpc) is 2.80. The van der Waals surface area contributed by atoms with Crippen LogP contribution in [0.4, 0.5) is 18.9 Å². The summed E-state index contributed by atoms with van der Waals surface area (Å²) in [6, 6.07) is 3.52. The van der Waals surface area contributed by atoms with E-state index in [1.165, 1.54) is 12.1 Å². The molecule has 98 valence electrons. The van der Waals surface area contributed by atoms with Crippen LogP contribution < -0.4 is 5.73 Å². The van der Waals surface area contributed by atoms with Gasteiger partial charge in [-0.05, 0) is 25.0 Å². The van der Waals surface area contributed by atoms with Crippen molar-refractivity contribution < 1.29 is 18.0 Å². The highest BCUT2D eigenvalue weighted by Crippen LogP contribution is 2.37. The van der Waals surface area contributed by atoms with Crippen molar-refractivity contribution in [2.75, 3.05) is 5.73 Å². The lowest BCUT2D eigenvalue weighted by atomic mass is 9.93. The summed E-state index contributed by atoms with van der Waals surface area (Å²) >= 11 is 0. The van der Waals surface area contributed by atoms with E-state index in [9.17, 15) is 18.0 Å². The highest BCUT2D eigenvalue weighted by Gasteiger charge is 2.35. The van der Waals surface area contributed by atoms with Gasteiger partial charge in [0, 0.05) is 11.5 Å². The Morgan fingerprint density at radius 3 is 2.39 bits per heavy atom. The summed E-state index contributed by atoms with van der Waals surface area (Å²) in [5.74, 6) is -0.424. The number of hydrogen-bond donors (Lipinski definition) is 1. The number of Topliss-reactive ketones (excluding diaryl/α,β-unsaturated/α-hetero) is 1. The van der Waals surface area contributed by atoms with Gasteiger partial charge in [0.1, 0.15) is 0 Å². The summed E-state index contributed by atoms with van der Waals surface area (Å²) in [7, 11) is 0. The van der Waals surface area contributed by atoms with Crippen LogP contribution in [0.1, 0.15) is 41.6 Å². The Hall–Kier alpha value is -1.52. The summed E-state index contributed by atoms with van der Waals surface area (Å²) in [5, 5.41) is 0. The summed E-state index contributed by atoms with van der Waals surface area (Å²) in [5.41, 5.74) is 4.14. The number of ketones is 1. The van der Waals surface area contributed by atoms with Gasteiger partial charge in [-0.25, -0.2) is 0 Å². The fourth-order valence-corrected chi connectivity index (χ4v) is 2.44. The zero-order valence-corrected chi connectivity index (χ0v) is 9.76. The smallest absolute Gasteiger partial charge is 0.398 e. The van der Waals surface area contributed by atoms with E-state index in [4.69, 9.17) is 5.73 Å². The van der Waals surface area contributed by atoms with Crippen LogP contribution in [0.2, 0.25) is 0 Å². The number of nitrogens with two attached hydrogens (primary N) is 1. The molecule has 1 fully saturated rings. The number of anilines is 1. The Balaban J connectivity index is 2.36. The molecule has 1 aliphatic rings. The molecule has 0 unspecified atom stereocenters. The molecule has 0 amide bonds. The van der Waals surface area contributed by atoms with E-state index in [0.29, 0.717) is 0 Å². The highest BCUT2D eigenvalue weighted by atomic mass is 19.4. The first-order valence-corrected chi connectivity index (χ1v) is 5.91. The normalized spacial score (nSPS) is 17.1. The number of halogens is 3. The molecule has 0 atom stereocenters. The van der Waals surface area contributed by atoms with Gasteiger partial charge in [-0.3, -0.25) is 4.79 Å². The highest BCUT2D eigenvalue weighted by molar-refractivity contribution is 6.03. The molecule has 1 aliphatic carbocycles. The Morgan fingerprint density at radius 1 is 1.22 bits per heavy atom. The third-order valence-corrected chi connectivity index (χ3v) is 3.40. The molecule has 1 saturated carbocycles. The molecule has 0 bridgehead atoms. The first-order valence-electron chi connectivity index (χ1n) is 5.91. The number of para-hydroxylation sites is 1. The molecule has 1 aromatic rings. The number of rotatable bonds is 2. The molecular formula is C13H14F3NO. The van der Waals surface area contributed by atoms with Crippen LogP contribution in [0.25, 0.3) is 0 Å². The second kappa shape index (κ2) is 4.63. The van der Waals surface area contributed by atoms with Gasteiger partial charge in [0.25, 0.3) is 0 Å². The van der Waals surface area contributed by atoms with Crippen molar-refractivity contribution in [3.63, 3.8) is 0 Å². The Labute approximate surface area is 103 Å². The molecule has 2 rings (SSSR count). The quantitative estimate of drug-likeness (QED) is 0.649. The van der Waals surface area contributed by atoms with Gasteiger partial charge in [0.15, 0.2) is 5.78 Å². The molecule has 18 heavy (non-hydrogen) atoms. The van der Waals surface area contributed by atoms with Crippen LogP contribution in [0, 0.1) is 5.92 Å². The van der Waals surface area contributed by atoms with Gasteiger partial charge in [0.2, 0.25) is 0 Å². The largest absolute Gasteiger partial charge is 0.418 e. The molecule has 0 heterocycles. The molecule has 5 heteroatoms. The maximum absolute atomic E-state index is 12.7. The lowest BCUT2D eigenvalue weighted by Crippen LogP contribution is -2.17. The Kier molecular flexibility index (Phi) is 3.32. The predicted octanol–water partition coefficient (Wildman–Crippen LogP) is 3.66. The topological polar surface area (TPSA) is 43.1 Å². The van der Waals surface area contributed by atoms with E-state index in [1.807, 2.05) is 0 Å². The molecule has 0 aliphatic heterocycles. The summed E-state index contributed by atoms with van der Waals surface area (Å²) in [6.45, 7) is 0. The second-order valence-corrected chi connectivity index (χ2v) is 4.61. The van der Waals surface area contributed by atoms with Gasteiger partial charge < -0.3 is 5.73 Å². The van der Waals surface area contributed by atoms with Crippen molar-refractivity contribution in [3.05, 3.63) is 29.3 Å². The number of alkyl halides is 3. The van der Waals surface area contributed by atoms with E-state index in [1.54, 1.807) is 0 Å². The molecule has 1 aromatic carbocycles. The average molecular weight is 257 g/mol. The molecule has 2 N–H and O–H groups in total. The van der Waals surface area contributed by atoms with Gasteiger partial charge >= 0.3 is 6.18 Å². The number of carbonyl (C=O) groups is 1. The third-order valence-electron chi connectivity index (χ3n) is 3.40. The maximum atomic E-state index is 12.7. The van der Waals surface area contributed by atoms with E-state index in [0.717, 1.165) is 31.7 Å². The van der Waals surface area contributed by atoms with Crippen LogP contribution in [0.3, 0.4) is 0 Å². The molecule has 2 nitrogen and oxygen atoms in total. The Morgan fingerprint density at radius 2 is 1.83 bits per heavy atom. The second-order valence-electron chi connectivity index (χ2n) is 4.61. The monoisotopic (exact) mass is 257 g/mol. The van der Waals surface area contributed by atoms with Crippen LogP contribution >= 0.6 is 0 Å². The minimum atomic E-state index is -4.52. The summed E-state index contributed by atoms with van der Waals surface area (Å²) in [6.07, 6.45) is -1.12. The van der Waals surface area contributed by atoms with Crippen LogP contribution in [-0.2, 0) is 6.18 Å². The van der Waals surface area contributed by atoms with E-state index >= 15 is 0 Å². The zero-order valence-electron chi connectivity index (χ0n) is 9.76. The van der Waals surface area contributed by atoms with Crippen molar-refractivity contribution in [2.24, 2.45) is 5.92 Å². The van der Waals surface area contributed by atoms with E-state index in [2.05, 4.69) is 0 Å². The van der Waals surface area contributed by atoms with Gasteiger partial charge in [0.05, 0.1) is 11.3 Å². The molecular weight excluding hydrogens is 243 g/mol. The molecule has 0 saturated heterocycles. The summed E-state index contributed by atoms with van der Waals surface area (Å²) < 4.78 is 38.0. The standard InChI is InChI=1S/C13H14F3NO/c14-13(15,16)10-7-3-6-9(11(10)17)12(18)8-4-1-2-5-8/h3,6-8H,1-2,4-5,17H2. The van der Waals surface area contributed by atoms with Gasteiger partial charge in [-0.1, -0.05) is 18.9 Å². The van der Waals surface area contributed by atoms with Crippen molar-refractivity contribution in [3.8, 4) is 0 Å². The lowest BCUT2D eigenvalue weighted by Gasteiger charge is -2.15. The Bertz CT molecular complexity index is 462. The van der Waals surface area contributed by atoms with Crippen molar-refractivity contribution >= 4 is 11.5 Å². The fraction of sp³-hybridized carbons (Fsp3) is 0.462. The maximum Gasteiger partial charge on any atom is 0.418 e. The minimum Gasteiger partial charge on any atom is -0.398 e. The lowest BCUT2D eigenvalue weighted by molar-refractivity contribution is -0.136. The van der Waals surface area contributed by atoms with Crippen LogP contribution in [0.5, 0.6) is 0 Å². The number of nitrogen functional groups attached to an aromatic ring is 1. The SMILES string of the molecule is Nc1c(C(=O)C2CCCC2)cccc1C(F)(F)F. The van der Waals surface area contributed by atoms with Crippen molar-refractivity contribution in [2.45, 2.75) is 31.9 Å². The molecule has 0 radical (unpaired) electrons. The number of benzene rings is 1. The van der Waals surface area contributed by atoms with Crippen LogP contribution in [-0.4, -0.2) is 5.78 Å². The molecule has 0 aromatic heterocycles. The zero-order chi connectivity index (χ0) is 13.3. The first kappa shape index (κ1) is 12.9. The van der Waals surface area contributed by atoms with E-state index in [-0.39, 0.29) is 17.3 Å². The molecule has 0 spiro atoms. The number of hydrogen-bond acceptors (Lipinski definition) is 2. The first-order chi connectivity index (χ1) is 8.41. The van der Waals surface area contributed by atoms with E-state index < -0.39 is 17.4 Å². The third kappa shape index (κ3) is 2.35. The minimum absolute atomic E-state index is 0.0109. The fourth-order valence-electron chi connectivity index (χ4n) is 2.44. The van der Waals surface area contributed by atoms with Gasteiger partial charge in [-0.15, -0.1) is 0 Å². The van der Waals surface area contributed by atoms with Gasteiger partial charge in [-0.2, -0.15) is 13.2 Å². The summed E-state index contributed by atoms with van der Waals surface area (Å²) in [4.78, 5) is 12.1. The van der Waals surface area contributed by atoms with Crippen molar-refractivity contribution in [1.29, 1.82) is 0 Å². The predicted molar refractivity (Wildman–Crippen MR) is 62.1 cm³/mol. The van der Waals surface area contributed by atoms with Crippen molar-refractivity contribution in [1.82, 2.24) is 0 Å². The number of carbonyl (C=O) groups excluding carboxylic acids is 1. The van der Waals surface area contributed by atoms with Crippen LogP contribution in [0.15, 0.2) is 18.2 Å².